The third-order valence-corrected chi connectivity index (χ3v) is 6.32. The monoisotopic (exact) mass is 478 g/mol. The van der Waals surface area contributed by atoms with Gasteiger partial charge in [0.1, 0.15) is 5.70 Å². The summed E-state index contributed by atoms with van der Waals surface area (Å²) in [5.41, 5.74) is 4.49. The molecular weight excluding hydrogens is 452 g/mol. The van der Waals surface area contributed by atoms with Gasteiger partial charge in [-0.15, -0.1) is 11.8 Å². The van der Waals surface area contributed by atoms with Crippen molar-refractivity contribution >= 4 is 35.3 Å². The summed E-state index contributed by atoms with van der Waals surface area (Å²) in [6, 6.07) is 34.6. The molecule has 0 heterocycles. The minimum absolute atomic E-state index is 0.171. The highest BCUT2D eigenvalue weighted by atomic mass is 32.2. The molecule has 4 aromatic rings. The summed E-state index contributed by atoms with van der Waals surface area (Å²) in [6.45, 7) is 2.00. The number of aryl methyl sites for hydroxylation is 1. The smallest absolute Gasteiger partial charge is 0.272 e. The van der Waals surface area contributed by atoms with E-state index in [0.29, 0.717) is 11.3 Å². The van der Waals surface area contributed by atoms with Crippen LogP contribution in [0.2, 0.25) is 0 Å². The summed E-state index contributed by atoms with van der Waals surface area (Å²) in [4.78, 5) is 27.1. The molecule has 0 aliphatic carbocycles. The maximum atomic E-state index is 13.2. The van der Waals surface area contributed by atoms with Crippen molar-refractivity contribution in [3.05, 3.63) is 137 Å². The lowest BCUT2D eigenvalue weighted by Gasteiger charge is -2.12. The number of anilines is 1. The van der Waals surface area contributed by atoms with Gasteiger partial charge in [0.05, 0.1) is 0 Å². The van der Waals surface area contributed by atoms with Crippen molar-refractivity contribution in [2.75, 3.05) is 5.32 Å². The van der Waals surface area contributed by atoms with Gasteiger partial charge in [0.25, 0.3) is 11.8 Å². The van der Waals surface area contributed by atoms with E-state index in [1.807, 2.05) is 79.7 Å². The van der Waals surface area contributed by atoms with Crippen LogP contribution in [-0.4, -0.2) is 11.8 Å². The lowest BCUT2D eigenvalue weighted by molar-refractivity contribution is -0.113. The van der Waals surface area contributed by atoms with Gasteiger partial charge in [-0.2, -0.15) is 0 Å². The second-order valence-electron chi connectivity index (χ2n) is 8.05. The molecule has 4 rings (SSSR count). The molecule has 4 nitrogen and oxygen atoms in total. The molecule has 0 aliphatic rings. The highest BCUT2D eigenvalue weighted by Crippen LogP contribution is 2.25. The van der Waals surface area contributed by atoms with Gasteiger partial charge in [-0.3, -0.25) is 9.59 Å². The number of benzene rings is 4. The first-order valence-electron chi connectivity index (χ1n) is 11.3. The van der Waals surface area contributed by atoms with Crippen molar-refractivity contribution in [3.63, 3.8) is 0 Å². The number of rotatable bonds is 8. The van der Waals surface area contributed by atoms with Gasteiger partial charge in [-0.1, -0.05) is 84.4 Å². The molecule has 174 valence electrons. The fraction of sp³-hybridized carbons (Fsp3) is 0.0667. The van der Waals surface area contributed by atoms with E-state index in [9.17, 15) is 9.59 Å². The molecule has 0 fully saturated rings. The van der Waals surface area contributed by atoms with Crippen LogP contribution in [0.3, 0.4) is 0 Å². The Morgan fingerprint density at radius 2 is 1.49 bits per heavy atom. The van der Waals surface area contributed by atoms with Gasteiger partial charge in [0.15, 0.2) is 0 Å². The highest BCUT2D eigenvalue weighted by molar-refractivity contribution is 7.98. The number of carbonyl (C=O) groups excluding carboxylic acids is 2. The Balaban J connectivity index is 1.51. The Morgan fingerprint density at radius 1 is 0.800 bits per heavy atom. The van der Waals surface area contributed by atoms with E-state index in [2.05, 4.69) is 22.8 Å². The molecule has 0 saturated carbocycles. The molecule has 0 radical (unpaired) electrons. The van der Waals surface area contributed by atoms with Crippen LogP contribution in [-0.2, 0) is 10.5 Å². The predicted octanol–water partition coefficient (Wildman–Crippen LogP) is 6.70. The molecule has 0 saturated heterocycles. The molecular formula is C30H26N2O2S. The summed E-state index contributed by atoms with van der Waals surface area (Å²) in [7, 11) is 0. The van der Waals surface area contributed by atoms with Gasteiger partial charge in [0, 0.05) is 21.9 Å². The number of hydrogen-bond acceptors (Lipinski definition) is 3. The van der Waals surface area contributed by atoms with Crippen molar-refractivity contribution in [1.82, 2.24) is 5.32 Å². The molecule has 35 heavy (non-hydrogen) atoms. The van der Waals surface area contributed by atoms with E-state index in [-0.39, 0.29) is 17.5 Å². The molecule has 0 aliphatic heterocycles. The molecule has 0 unspecified atom stereocenters. The Hall–Kier alpha value is -4.09. The van der Waals surface area contributed by atoms with Crippen LogP contribution in [0.25, 0.3) is 6.08 Å². The highest BCUT2D eigenvalue weighted by Gasteiger charge is 2.15. The first kappa shape index (κ1) is 24.0. The van der Waals surface area contributed by atoms with E-state index < -0.39 is 0 Å². The number of carbonyl (C=O) groups is 2. The average Bonchev–Trinajstić information content (AvgIpc) is 2.89. The Bertz CT molecular complexity index is 1320. The number of hydrogen-bond donors (Lipinski definition) is 2. The van der Waals surface area contributed by atoms with Crippen molar-refractivity contribution in [2.45, 2.75) is 17.6 Å². The Kier molecular flexibility index (Phi) is 8.15. The quantitative estimate of drug-likeness (QED) is 0.219. The zero-order valence-electron chi connectivity index (χ0n) is 19.4. The summed E-state index contributed by atoms with van der Waals surface area (Å²) in [5.74, 6) is 0.107. The standard InChI is InChI=1S/C30H26N2O2S/c1-22-15-17-23(18-16-22)19-28(32-29(33)25-11-6-3-7-12-25)30(34)31-26-13-8-14-27(20-26)35-21-24-9-4-2-5-10-24/h2-20H,21H2,1H3,(H,31,34)(H,32,33)/b28-19+. The first-order chi connectivity index (χ1) is 17.1. The Morgan fingerprint density at radius 3 is 2.20 bits per heavy atom. The minimum Gasteiger partial charge on any atom is -0.321 e. The third-order valence-electron chi connectivity index (χ3n) is 5.26. The van der Waals surface area contributed by atoms with Crippen molar-refractivity contribution in [3.8, 4) is 0 Å². The van der Waals surface area contributed by atoms with E-state index in [0.717, 1.165) is 21.8 Å². The largest absolute Gasteiger partial charge is 0.321 e. The zero-order valence-corrected chi connectivity index (χ0v) is 20.2. The zero-order chi connectivity index (χ0) is 24.5. The lowest BCUT2D eigenvalue weighted by atomic mass is 10.1. The van der Waals surface area contributed by atoms with Crippen LogP contribution in [0, 0.1) is 6.92 Å². The average molecular weight is 479 g/mol. The number of amides is 2. The van der Waals surface area contributed by atoms with Gasteiger partial charge in [-0.05, 0) is 54.5 Å². The predicted molar refractivity (Wildman–Crippen MR) is 144 cm³/mol. The van der Waals surface area contributed by atoms with Gasteiger partial charge >= 0.3 is 0 Å². The molecule has 2 N–H and O–H groups in total. The molecule has 0 spiro atoms. The SMILES string of the molecule is Cc1ccc(/C=C(/NC(=O)c2ccccc2)C(=O)Nc2cccc(SCc3ccccc3)c2)cc1. The molecule has 0 aromatic heterocycles. The van der Waals surface area contributed by atoms with Gasteiger partial charge in [0.2, 0.25) is 0 Å². The van der Waals surface area contributed by atoms with Crippen LogP contribution in [0.5, 0.6) is 0 Å². The van der Waals surface area contributed by atoms with Crippen molar-refractivity contribution in [2.24, 2.45) is 0 Å². The Labute approximate surface area is 210 Å². The second kappa shape index (κ2) is 11.9. The maximum Gasteiger partial charge on any atom is 0.272 e. The number of nitrogens with one attached hydrogen (secondary N) is 2. The van der Waals surface area contributed by atoms with Crippen LogP contribution in [0.15, 0.2) is 120 Å². The van der Waals surface area contributed by atoms with E-state index in [1.165, 1.54) is 5.56 Å². The summed E-state index contributed by atoms with van der Waals surface area (Å²) in [5, 5.41) is 5.72. The number of thioether (sulfide) groups is 1. The normalized spacial score (nSPS) is 11.1. The van der Waals surface area contributed by atoms with Crippen LogP contribution < -0.4 is 10.6 Å². The lowest BCUT2D eigenvalue weighted by Crippen LogP contribution is -2.30. The summed E-state index contributed by atoms with van der Waals surface area (Å²) < 4.78 is 0. The minimum atomic E-state index is -0.389. The van der Waals surface area contributed by atoms with Gasteiger partial charge < -0.3 is 10.6 Å². The summed E-state index contributed by atoms with van der Waals surface area (Å²) in [6.07, 6.45) is 1.68. The fourth-order valence-corrected chi connectivity index (χ4v) is 4.29. The maximum absolute atomic E-state index is 13.2. The van der Waals surface area contributed by atoms with Crippen LogP contribution in [0.1, 0.15) is 27.0 Å². The van der Waals surface area contributed by atoms with Crippen LogP contribution >= 0.6 is 11.8 Å². The molecule has 2 amide bonds. The molecule has 0 bridgehead atoms. The topological polar surface area (TPSA) is 58.2 Å². The molecule has 0 atom stereocenters. The molecule has 4 aromatic carbocycles. The third kappa shape index (κ3) is 7.19. The first-order valence-corrected chi connectivity index (χ1v) is 12.3. The molecule has 5 heteroatoms. The second-order valence-corrected chi connectivity index (χ2v) is 9.09. The van der Waals surface area contributed by atoms with Gasteiger partial charge in [-0.25, -0.2) is 0 Å². The van der Waals surface area contributed by atoms with E-state index in [4.69, 9.17) is 0 Å². The van der Waals surface area contributed by atoms with Crippen molar-refractivity contribution in [1.29, 1.82) is 0 Å². The van der Waals surface area contributed by atoms with Crippen molar-refractivity contribution < 1.29 is 9.59 Å². The summed E-state index contributed by atoms with van der Waals surface area (Å²) >= 11 is 1.70. The van der Waals surface area contributed by atoms with E-state index in [1.54, 1.807) is 42.1 Å². The van der Waals surface area contributed by atoms with Crippen LogP contribution in [0.4, 0.5) is 5.69 Å². The van der Waals surface area contributed by atoms with E-state index >= 15 is 0 Å². The fourth-order valence-electron chi connectivity index (χ4n) is 3.37.